The molecule has 0 nitrogen and oxygen atoms in total. The van der Waals surface area contributed by atoms with Crippen LogP contribution in [0.1, 0.15) is 27.2 Å². The molecular weight excluding hydrogens is 139 g/mol. The predicted octanol–water partition coefficient (Wildman–Crippen LogP) is 3.23. The SMILES string of the molecule is CC1=C(C)CP(C)C(C)C1. The van der Waals surface area contributed by atoms with E-state index < -0.39 is 0 Å². The summed E-state index contributed by atoms with van der Waals surface area (Å²) in [5.41, 5.74) is 4.28. The molecule has 0 aromatic heterocycles. The van der Waals surface area contributed by atoms with Crippen molar-refractivity contribution in [1.29, 1.82) is 0 Å². The molecule has 0 radical (unpaired) electrons. The maximum atomic E-state index is 2.43. The van der Waals surface area contributed by atoms with E-state index in [0.717, 1.165) is 5.66 Å². The van der Waals surface area contributed by atoms with Gasteiger partial charge in [-0.25, -0.2) is 0 Å². The van der Waals surface area contributed by atoms with E-state index in [-0.39, 0.29) is 0 Å². The summed E-state index contributed by atoms with van der Waals surface area (Å²) >= 11 is 0. The van der Waals surface area contributed by atoms with Crippen LogP contribution in [-0.2, 0) is 0 Å². The smallest absolute Gasteiger partial charge is 0.0115 e. The molecule has 0 fully saturated rings. The summed E-state index contributed by atoms with van der Waals surface area (Å²) in [7, 11) is 0.323. The molecule has 0 bridgehead atoms. The van der Waals surface area contributed by atoms with E-state index >= 15 is 0 Å². The molecule has 2 atom stereocenters. The van der Waals surface area contributed by atoms with E-state index in [9.17, 15) is 0 Å². The molecule has 1 rings (SSSR count). The molecular formula is C9H17P. The molecule has 58 valence electrons. The largest absolute Gasteiger partial charge is 0.103 e. The normalized spacial score (nSPS) is 34.8. The van der Waals surface area contributed by atoms with E-state index in [1.165, 1.54) is 12.6 Å². The Bertz CT molecular complexity index is 140. The number of hydrogen-bond acceptors (Lipinski definition) is 0. The number of allylic oxidation sites excluding steroid dienone is 2. The standard InChI is InChI=1S/C9H17P/c1-7-5-9(3)10(4)6-8(7)2/h9H,5-6H2,1-4H3. The molecule has 0 N–H and O–H groups in total. The average Bonchev–Trinajstić information content (AvgIpc) is 1.84. The molecule has 1 heteroatoms. The number of hydrogen-bond donors (Lipinski definition) is 0. The highest BCUT2D eigenvalue weighted by molar-refractivity contribution is 7.57. The lowest BCUT2D eigenvalue weighted by Gasteiger charge is -2.28. The molecule has 0 spiro atoms. The van der Waals surface area contributed by atoms with Crippen molar-refractivity contribution in [2.45, 2.75) is 32.9 Å². The van der Waals surface area contributed by atoms with Gasteiger partial charge in [-0.05, 0) is 38.8 Å². The van der Waals surface area contributed by atoms with E-state index in [1.54, 1.807) is 11.1 Å². The second-order valence-corrected chi connectivity index (χ2v) is 6.24. The third-order valence-corrected chi connectivity index (χ3v) is 5.23. The minimum Gasteiger partial charge on any atom is -0.103 e. The zero-order valence-electron chi connectivity index (χ0n) is 7.44. The Labute approximate surface area is 65.5 Å². The van der Waals surface area contributed by atoms with Crippen LogP contribution in [0.5, 0.6) is 0 Å². The first-order chi connectivity index (χ1) is 4.61. The highest BCUT2D eigenvalue weighted by Crippen LogP contribution is 2.46. The van der Waals surface area contributed by atoms with Crippen molar-refractivity contribution >= 4 is 7.92 Å². The van der Waals surface area contributed by atoms with Crippen molar-refractivity contribution in [1.82, 2.24) is 0 Å². The molecule has 0 saturated carbocycles. The van der Waals surface area contributed by atoms with Crippen molar-refractivity contribution < 1.29 is 0 Å². The molecule has 1 aliphatic rings. The summed E-state index contributed by atoms with van der Waals surface area (Å²) in [6.07, 6.45) is 2.75. The summed E-state index contributed by atoms with van der Waals surface area (Å²) in [4.78, 5) is 0. The van der Waals surface area contributed by atoms with Crippen LogP contribution in [0.25, 0.3) is 0 Å². The topological polar surface area (TPSA) is 0 Å². The molecule has 2 unspecified atom stereocenters. The fourth-order valence-electron chi connectivity index (χ4n) is 1.44. The fraction of sp³-hybridized carbons (Fsp3) is 0.778. The van der Waals surface area contributed by atoms with Crippen molar-refractivity contribution in [3.05, 3.63) is 11.1 Å². The molecule has 0 aliphatic carbocycles. The zero-order chi connectivity index (χ0) is 7.72. The van der Waals surface area contributed by atoms with Gasteiger partial charge in [0, 0.05) is 0 Å². The predicted molar refractivity (Wildman–Crippen MR) is 50.2 cm³/mol. The Morgan fingerprint density at radius 2 is 1.90 bits per heavy atom. The average molecular weight is 156 g/mol. The van der Waals surface area contributed by atoms with Gasteiger partial charge in [0.1, 0.15) is 0 Å². The molecule has 0 aromatic carbocycles. The Balaban J connectivity index is 2.69. The van der Waals surface area contributed by atoms with Crippen molar-refractivity contribution in [3.63, 3.8) is 0 Å². The monoisotopic (exact) mass is 156 g/mol. The van der Waals surface area contributed by atoms with Crippen LogP contribution in [0, 0.1) is 0 Å². The Hall–Kier alpha value is 0.170. The van der Waals surface area contributed by atoms with Crippen molar-refractivity contribution in [2.75, 3.05) is 12.8 Å². The summed E-state index contributed by atoms with van der Waals surface area (Å²) in [6, 6.07) is 0. The lowest BCUT2D eigenvalue weighted by atomic mass is 10.1. The summed E-state index contributed by atoms with van der Waals surface area (Å²) in [6.45, 7) is 9.39. The van der Waals surface area contributed by atoms with Gasteiger partial charge in [0.05, 0.1) is 0 Å². The highest BCUT2D eigenvalue weighted by atomic mass is 31.1. The van der Waals surface area contributed by atoms with Gasteiger partial charge in [-0.15, -0.1) is 7.92 Å². The Morgan fingerprint density at radius 1 is 1.30 bits per heavy atom. The van der Waals surface area contributed by atoms with Crippen LogP contribution < -0.4 is 0 Å². The Morgan fingerprint density at radius 3 is 2.40 bits per heavy atom. The minimum atomic E-state index is 0.323. The molecule has 0 amide bonds. The van der Waals surface area contributed by atoms with Crippen molar-refractivity contribution in [2.24, 2.45) is 0 Å². The quantitative estimate of drug-likeness (QED) is 0.373. The first kappa shape index (κ1) is 8.27. The van der Waals surface area contributed by atoms with Gasteiger partial charge >= 0.3 is 0 Å². The lowest BCUT2D eigenvalue weighted by Crippen LogP contribution is -2.10. The summed E-state index contributed by atoms with van der Waals surface area (Å²) in [5.74, 6) is 0. The van der Waals surface area contributed by atoms with Gasteiger partial charge in [-0.3, -0.25) is 0 Å². The Kier molecular flexibility index (Phi) is 2.52. The lowest BCUT2D eigenvalue weighted by molar-refractivity contribution is 0.876. The molecule has 1 aliphatic heterocycles. The zero-order valence-corrected chi connectivity index (χ0v) is 8.33. The maximum Gasteiger partial charge on any atom is -0.0115 e. The molecule has 0 saturated heterocycles. The second-order valence-electron chi connectivity index (χ2n) is 3.53. The second kappa shape index (κ2) is 3.05. The van der Waals surface area contributed by atoms with Gasteiger partial charge in [0.25, 0.3) is 0 Å². The molecule has 1 heterocycles. The highest BCUT2D eigenvalue weighted by Gasteiger charge is 2.18. The molecule has 10 heavy (non-hydrogen) atoms. The van der Waals surface area contributed by atoms with E-state index in [2.05, 4.69) is 27.4 Å². The molecule has 0 aromatic rings. The van der Waals surface area contributed by atoms with Gasteiger partial charge in [0.2, 0.25) is 0 Å². The third kappa shape index (κ3) is 1.61. The fourth-order valence-corrected chi connectivity index (χ4v) is 3.35. The first-order valence-electron chi connectivity index (χ1n) is 3.96. The van der Waals surface area contributed by atoms with Gasteiger partial charge < -0.3 is 0 Å². The van der Waals surface area contributed by atoms with Crippen LogP contribution in [0.3, 0.4) is 0 Å². The first-order valence-corrected chi connectivity index (χ1v) is 6.01. The van der Waals surface area contributed by atoms with Gasteiger partial charge in [0.15, 0.2) is 0 Å². The maximum absolute atomic E-state index is 2.43. The number of rotatable bonds is 0. The van der Waals surface area contributed by atoms with Crippen LogP contribution in [0.15, 0.2) is 11.1 Å². The van der Waals surface area contributed by atoms with Crippen molar-refractivity contribution in [3.8, 4) is 0 Å². The van der Waals surface area contributed by atoms with Crippen LogP contribution in [0.4, 0.5) is 0 Å². The van der Waals surface area contributed by atoms with E-state index in [1.807, 2.05) is 0 Å². The van der Waals surface area contributed by atoms with Gasteiger partial charge in [-0.2, -0.15) is 0 Å². The van der Waals surface area contributed by atoms with Crippen LogP contribution in [0.2, 0.25) is 0 Å². The third-order valence-electron chi connectivity index (χ3n) is 2.57. The van der Waals surface area contributed by atoms with Crippen LogP contribution >= 0.6 is 7.92 Å². The van der Waals surface area contributed by atoms with E-state index in [0.29, 0.717) is 7.92 Å². The van der Waals surface area contributed by atoms with E-state index in [4.69, 9.17) is 0 Å². The minimum absolute atomic E-state index is 0.323. The summed E-state index contributed by atoms with van der Waals surface area (Å²) < 4.78 is 0. The van der Waals surface area contributed by atoms with Crippen LogP contribution in [-0.4, -0.2) is 18.5 Å². The summed E-state index contributed by atoms with van der Waals surface area (Å²) in [5, 5.41) is 0. The van der Waals surface area contributed by atoms with Gasteiger partial charge in [-0.1, -0.05) is 18.1 Å².